The molecule has 2 rings (SSSR count). The molecule has 0 saturated carbocycles. The maximum absolute atomic E-state index is 14.0. The lowest BCUT2D eigenvalue weighted by Crippen LogP contribution is -2.33. The Labute approximate surface area is 101 Å². The van der Waals surface area contributed by atoms with Crippen LogP contribution in [-0.2, 0) is 5.92 Å². The Kier molecular flexibility index (Phi) is 3.77. The van der Waals surface area contributed by atoms with E-state index in [1.54, 1.807) is 24.3 Å². The lowest BCUT2D eigenvalue weighted by molar-refractivity contribution is -0.0317. The summed E-state index contributed by atoms with van der Waals surface area (Å²) in [5.41, 5.74) is 1.16. The molecule has 0 amide bonds. The molecule has 0 radical (unpaired) electrons. The zero-order valence-electron chi connectivity index (χ0n) is 10.2. The largest absolute Gasteiger partial charge is 0.316 e. The summed E-state index contributed by atoms with van der Waals surface area (Å²) < 4.78 is 28.1. The number of rotatable bonds is 3. The Morgan fingerprint density at radius 3 is 2.59 bits per heavy atom. The van der Waals surface area contributed by atoms with Gasteiger partial charge in [-0.15, -0.1) is 0 Å². The highest BCUT2D eigenvalue weighted by molar-refractivity contribution is 5.25. The standard InChI is InChI=1S/C14H19F2N/c1-11-4-6-13(7-5-11)14(15,16)9-12-3-2-8-17-10-12/h4-7,12,17H,2-3,8-10H2,1H3. The fourth-order valence-electron chi connectivity index (χ4n) is 2.38. The van der Waals surface area contributed by atoms with Crippen LogP contribution in [0.2, 0.25) is 0 Å². The van der Waals surface area contributed by atoms with E-state index in [0.29, 0.717) is 0 Å². The van der Waals surface area contributed by atoms with Crippen LogP contribution in [-0.4, -0.2) is 13.1 Å². The van der Waals surface area contributed by atoms with Crippen LogP contribution in [0.3, 0.4) is 0 Å². The molecule has 1 aromatic carbocycles. The maximum atomic E-state index is 14.0. The fraction of sp³-hybridized carbons (Fsp3) is 0.571. The van der Waals surface area contributed by atoms with E-state index in [9.17, 15) is 8.78 Å². The van der Waals surface area contributed by atoms with Crippen molar-refractivity contribution in [3.05, 3.63) is 35.4 Å². The molecule has 1 N–H and O–H groups in total. The summed E-state index contributed by atoms with van der Waals surface area (Å²) >= 11 is 0. The normalized spacial score (nSPS) is 21.5. The van der Waals surface area contributed by atoms with Gasteiger partial charge in [-0.25, -0.2) is 8.78 Å². The van der Waals surface area contributed by atoms with Crippen LogP contribution >= 0.6 is 0 Å². The summed E-state index contributed by atoms with van der Waals surface area (Å²) in [7, 11) is 0. The van der Waals surface area contributed by atoms with E-state index in [1.165, 1.54) is 0 Å². The molecule has 0 aromatic heterocycles. The van der Waals surface area contributed by atoms with Crippen LogP contribution in [0.25, 0.3) is 0 Å². The quantitative estimate of drug-likeness (QED) is 0.851. The van der Waals surface area contributed by atoms with Gasteiger partial charge in [0, 0.05) is 12.0 Å². The average Bonchev–Trinajstić information content (AvgIpc) is 2.30. The fourth-order valence-corrected chi connectivity index (χ4v) is 2.38. The molecule has 0 aliphatic carbocycles. The van der Waals surface area contributed by atoms with Crippen molar-refractivity contribution in [3.63, 3.8) is 0 Å². The number of alkyl halides is 2. The van der Waals surface area contributed by atoms with Gasteiger partial charge in [0.2, 0.25) is 0 Å². The van der Waals surface area contributed by atoms with Gasteiger partial charge in [-0.1, -0.05) is 29.8 Å². The second kappa shape index (κ2) is 5.13. The van der Waals surface area contributed by atoms with Gasteiger partial charge >= 0.3 is 0 Å². The smallest absolute Gasteiger partial charge is 0.273 e. The Balaban J connectivity index is 2.04. The van der Waals surface area contributed by atoms with Crippen LogP contribution in [0.4, 0.5) is 8.78 Å². The molecule has 1 aliphatic rings. The SMILES string of the molecule is Cc1ccc(C(F)(F)CC2CCCNC2)cc1. The Morgan fingerprint density at radius 2 is 2.00 bits per heavy atom. The van der Waals surface area contributed by atoms with E-state index >= 15 is 0 Å². The van der Waals surface area contributed by atoms with Crippen molar-refractivity contribution < 1.29 is 8.78 Å². The molecular formula is C14H19F2N. The number of piperidine rings is 1. The van der Waals surface area contributed by atoms with Crippen LogP contribution in [0.5, 0.6) is 0 Å². The number of hydrogen-bond acceptors (Lipinski definition) is 1. The maximum Gasteiger partial charge on any atom is 0.273 e. The van der Waals surface area contributed by atoms with Gasteiger partial charge in [-0.2, -0.15) is 0 Å². The van der Waals surface area contributed by atoms with Crippen molar-refractivity contribution in [2.45, 2.75) is 32.1 Å². The van der Waals surface area contributed by atoms with Crippen molar-refractivity contribution in [2.75, 3.05) is 13.1 Å². The monoisotopic (exact) mass is 239 g/mol. The molecule has 1 heterocycles. The van der Waals surface area contributed by atoms with E-state index in [-0.39, 0.29) is 17.9 Å². The zero-order valence-corrected chi connectivity index (χ0v) is 10.2. The topological polar surface area (TPSA) is 12.0 Å². The molecule has 0 bridgehead atoms. The molecule has 1 unspecified atom stereocenters. The highest BCUT2D eigenvalue weighted by Gasteiger charge is 2.34. The molecule has 3 heteroatoms. The van der Waals surface area contributed by atoms with E-state index < -0.39 is 5.92 Å². The molecule has 94 valence electrons. The highest BCUT2D eigenvalue weighted by Crippen LogP contribution is 2.36. The van der Waals surface area contributed by atoms with E-state index in [1.807, 2.05) is 6.92 Å². The molecular weight excluding hydrogens is 220 g/mol. The first kappa shape index (κ1) is 12.5. The first-order chi connectivity index (χ1) is 8.08. The van der Waals surface area contributed by atoms with Crippen molar-refractivity contribution in [1.82, 2.24) is 5.32 Å². The second-order valence-corrected chi connectivity index (χ2v) is 4.99. The molecule has 17 heavy (non-hydrogen) atoms. The minimum Gasteiger partial charge on any atom is -0.316 e. The summed E-state index contributed by atoms with van der Waals surface area (Å²) in [6.07, 6.45) is 1.88. The first-order valence-electron chi connectivity index (χ1n) is 6.23. The predicted octanol–water partition coefficient (Wildman–Crippen LogP) is 3.48. The number of nitrogens with one attached hydrogen (secondary N) is 1. The van der Waals surface area contributed by atoms with Crippen molar-refractivity contribution >= 4 is 0 Å². The van der Waals surface area contributed by atoms with E-state index in [4.69, 9.17) is 0 Å². The Morgan fingerprint density at radius 1 is 1.29 bits per heavy atom. The zero-order chi connectivity index (χ0) is 12.3. The summed E-state index contributed by atoms with van der Waals surface area (Å²) in [6.45, 7) is 3.60. The molecule has 1 aliphatic heterocycles. The molecule has 1 nitrogen and oxygen atoms in total. The molecule has 1 aromatic rings. The van der Waals surface area contributed by atoms with Gasteiger partial charge in [-0.3, -0.25) is 0 Å². The lowest BCUT2D eigenvalue weighted by atomic mass is 9.90. The molecule has 1 atom stereocenters. The number of halogens is 2. The first-order valence-corrected chi connectivity index (χ1v) is 6.23. The van der Waals surface area contributed by atoms with Gasteiger partial charge in [0.15, 0.2) is 0 Å². The third-order valence-electron chi connectivity index (χ3n) is 3.42. The predicted molar refractivity (Wildman–Crippen MR) is 65.3 cm³/mol. The van der Waals surface area contributed by atoms with E-state index in [2.05, 4.69) is 5.32 Å². The Hall–Kier alpha value is -0.960. The van der Waals surface area contributed by atoms with Gasteiger partial charge in [0.25, 0.3) is 5.92 Å². The molecule has 1 fully saturated rings. The number of benzene rings is 1. The van der Waals surface area contributed by atoms with Crippen LogP contribution in [0.1, 0.15) is 30.4 Å². The van der Waals surface area contributed by atoms with Crippen molar-refractivity contribution in [2.24, 2.45) is 5.92 Å². The molecule has 1 saturated heterocycles. The van der Waals surface area contributed by atoms with Gasteiger partial charge < -0.3 is 5.32 Å². The minimum absolute atomic E-state index is 0.0386. The van der Waals surface area contributed by atoms with Crippen LogP contribution in [0, 0.1) is 12.8 Å². The third-order valence-corrected chi connectivity index (χ3v) is 3.42. The Bertz CT molecular complexity index is 353. The van der Waals surface area contributed by atoms with Crippen molar-refractivity contribution in [3.8, 4) is 0 Å². The number of hydrogen-bond donors (Lipinski definition) is 1. The van der Waals surface area contributed by atoms with Gasteiger partial charge in [0.05, 0.1) is 0 Å². The van der Waals surface area contributed by atoms with E-state index in [0.717, 1.165) is 31.5 Å². The highest BCUT2D eigenvalue weighted by atomic mass is 19.3. The third kappa shape index (κ3) is 3.25. The minimum atomic E-state index is -2.70. The van der Waals surface area contributed by atoms with Gasteiger partial charge in [0.1, 0.15) is 0 Å². The number of aryl methyl sites for hydroxylation is 1. The summed E-state index contributed by atoms with van der Waals surface area (Å²) in [4.78, 5) is 0. The average molecular weight is 239 g/mol. The summed E-state index contributed by atoms with van der Waals surface area (Å²) in [5.74, 6) is -2.60. The molecule has 0 spiro atoms. The summed E-state index contributed by atoms with van der Waals surface area (Å²) in [5, 5.41) is 3.18. The van der Waals surface area contributed by atoms with Crippen LogP contribution < -0.4 is 5.32 Å². The second-order valence-electron chi connectivity index (χ2n) is 4.99. The van der Waals surface area contributed by atoms with Crippen LogP contribution in [0.15, 0.2) is 24.3 Å². The van der Waals surface area contributed by atoms with Crippen molar-refractivity contribution in [1.29, 1.82) is 0 Å². The van der Waals surface area contributed by atoms with Gasteiger partial charge in [-0.05, 0) is 38.8 Å². The lowest BCUT2D eigenvalue weighted by Gasteiger charge is -2.27. The summed E-state index contributed by atoms with van der Waals surface area (Å²) in [6, 6.07) is 6.60.